The number of likely N-dealkylation sites (N-methyl/N-ethyl adjacent to an activating group) is 1. The molecule has 0 aliphatic carbocycles. The smallest absolute Gasteiger partial charge is 0.119 e. The number of nitrogens with zero attached hydrogens (tertiary/aromatic N) is 1. The summed E-state index contributed by atoms with van der Waals surface area (Å²) in [5, 5.41) is 10.6. The summed E-state index contributed by atoms with van der Waals surface area (Å²) in [6.45, 7) is 5.89. The predicted molar refractivity (Wildman–Crippen MR) is 113 cm³/mol. The van der Waals surface area contributed by atoms with E-state index in [1.54, 1.807) is 0 Å². The van der Waals surface area contributed by atoms with Gasteiger partial charge in [0.05, 0.1) is 12.7 Å². The van der Waals surface area contributed by atoms with Gasteiger partial charge in [-0.2, -0.15) is 0 Å². The van der Waals surface area contributed by atoms with Crippen LogP contribution in [0.25, 0.3) is 0 Å². The molecule has 0 bridgehead atoms. The molecule has 0 aromatic heterocycles. The van der Waals surface area contributed by atoms with Gasteiger partial charge >= 0.3 is 0 Å². The Kier molecular flexibility index (Phi) is 9.37. The lowest BCUT2D eigenvalue weighted by Crippen LogP contribution is -2.33. The fourth-order valence-corrected chi connectivity index (χ4v) is 3.19. The molecule has 0 fully saturated rings. The molecular weight excluding hydrogens is 334 g/mol. The fourth-order valence-electron chi connectivity index (χ4n) is 3.19. The zero-order valence-electron chi connectivity index (χ0n) is 17.1. The van der Waals surface area contributed by atoms with Crippen molar-refractivity contribution in [3.63, 3.8) is 0 Å². The van der Waals surface area contributed by atoms with Gasteiger partial charge in [-0.15, -0.1) is 0 Å². The van der Waals surface area contributed by atoms with E-state index in [1.807, 2.05) is 42.5 Å². The standard InChI is InChI=1S/C24H35NO2/c1-4-5-6-7-11-18-27-23-16-14-21(15-17-23)19-25(3)20(2)24(26)22-12-9-8-10-13-22/h8-10,12-17,20,24,26H,4-7,11,18-19H2,1-3H3. The van der Waals surface area contributed by atoms with Crippen LogP contribution in [0.2, 0.25) is 0 Å². The van der Waals surface area contributed by atoms with Crippen LogP contribution in [0.1, 0.15) is 63.2 Å². The monoisotopic (exact) mass is 369 g/mol. The molecule has 2 aromatic rings. The molecule has 2 atom stereocenters. The summed E-state index contributed by atoms with van der Waals surface area (Å²) in [4.78, 5) is 2.18. The van der Waals surface area contributed by atoms with Crippen LogP contribution in [-0.4, -0.2) is 29.7 Å². The second kappa shape index (κ2) is 11.8. The largest absolute Gasteiger partial charge is 0.494 e. The Bertz CT molecular complexity index is 627. The maximum atomic E-state index is 10.6. The van der Waals surface area contributed by atoms with Gasteiger partial charge in [-0.05, 0) is 43.7 Å². The van der Waals surface area contributed by atoms with E-state index in [2.05, 4.69) is 37.9 Å². The van der Waals surface area contributed by atoms with Gasteiger partial charge in [-0.1, -0.05) is 75.1 Å². The summed E-state index contributed by atoms with van der Waals surface area (Å²) in [5.74, 6) is 0.939. The minimum atomic E-state index is -0.494. The van der Waals surface area contributed by atoms with E-state index in [4.69, 9.17) is 4.74 Å². The molecule has 3 heteroatoms. The summed E-state index contributed by atoms with van der Waals surface area (Å²) in [5.41, 5.74) is 2.18. The molecule has 1 N–H and O–H groups in total. The van der Waals surface area contributed by atoms with Crippen molar-refractivity contribution in [2.75, 3.05) is 13.7 Å². The number of ether oxygens (including phenoxy) is 1. The van der Waals surface area contributed by atoms with E-state index >= 15 is 0 Å². The quantitative estimate of drug-likeness (QED) is 0.495. The Hall–Kier alpha value is -1.84. The molecule has 0 radical (unpaired) electrons. The number of benzene rings is 2. The SMILES string of the molecule is CCCCCCCOc1ccc(CN(C)C(C)C(O)c2ccccc2)cc1. The van der Waals surface area contributed by atoms with Crippen LogP contribution in [0.5, 0.6) is 5.75 Å². The molecule has 0 spiro atoms. The van der Waals surface area contributed by atoms with Crippen LogP contribution in [-0.2, 0) is 6.54 Å². The number of aliphatic hydroxyl groups excluding tert-OH is 1. The highest BCUT2D eigenvalue weighted by atomic mass is 16.5. The third kappa shape index (κ3) is 7.36. The average molecular weight is 370 g/mol. The minimum Gasteiger partial charge on any atom is -0.494 e. The molecule has 0 saturated heterocycles. The van der Waals surface area contributed by atoms with Crippen LogP contribution in [0.4, 0.5) is 0 Å². The van der Waals surface area contributed by atoms with Gasteiger partial charge in [-0.3, -0.25) is 4.90 Å². The Balaban J connectivity index is 1.77. The first kappa shape index (κ1) is 21.5. The summed E-state index contributed by atoms with van der Waals surface area (Å²) in [6.07, 6.45) is 5.78. The van der Waals surface area contributed by atoms with Gasteiger partial charge in [0.1, 0.15) is 5.75 Å². The molecular formula is C24H35NO2. The third-order valence-corrected chi connectivity index (χ3v) is 5.17. The van der Waals surface area contributed by atoms with Gasteiger partial charge in [0, 0.05) is 12.6 Å². The molecule has 3 nitrogen and oxygen atoms in total. The van der Waals surface area contributed by atoms with Crippen molar-refractivity contribution in [2.45, 2.75) is 64.6 Å². The molecule has 0 aliphatic heterocycles. The molecule has 0 aliphatic rings. The summed E-state index contributed by atoms with van der Waals surface area (Å²) in [6, 6.07) is 18.2. The first-order chi connectivity index (χ1) is 13.1. The second-order valence-corrected chi connectivity index (χ2v) is 7.42. The number of hydrogen-bond donors (Lipinski definition) is 1. The highest BCUT2D eigenvalue weighted by molar-refractivity contribution is 5.27. The lowest BCUT2D eigenvalue weighted by molar-refractivity contribution is 0.0688. The molecule has 0 amide bonds. The first-order valence-corrected chi connectivity index (χ1v) is 10.3. The van der Waals surface area contributed by atoms with Crippen LogP contribution < -0.4 is 4.74 Å². The van der Waals surface area contributed by atoms with Crippen molar-refractivity contribution in [3.8, 4) is 5.75 Å². The highest BCUT2D eigenvalue weighted by Crippen LogP contribution is 2.22. The van der Waals surface area contributed by atoms with E-state index in [-0.39, 0.29) is 6.04 Å². The Morgan fingerprint density at radius 1 is 0.926 bits per heavy atom. The molecule has 2 aromatic carbocycles. The van der Waals surface area contributed by atoms with Gasteiger partial charge in [0.2, 0.25) is 0 Å². The van der Waals surface area contributed by atoms with Crippen molar-refractivity contribution < 1.29 is 9.84 Å². The number of aliphatic hydroxyl groups is 1. The average Bonchev–Trinajstić information content (AvgIpc) is 2.71. The van der Waals surface area contributed by atoms with Crippen LogP contribution >= 0.6 is 0 Å². The zero-order chi connectivity index (χ0) is 19.5. The van der Waals surface area contributed by atoms with Crippen LogP contribution in [0, 0.1) is 0 Å². The lowest BCUT2D eigenvalue weighted by Gasteiger charge is -2.29. The lowest BCUT2D eigenvalue weighted by atomic mass is 10.0. The first-order valence-electron chi connectivity index (χ1n) is 10.3. The van der Waals surface area contributed by atoms with Crippen molar-refractivity contribution >= 4 is 0 Å². The third-order valence-electron chi connectivity index (χ3n) is 5.17. The fraction of sp³-hybridized carbons (Fsp3) is 0.500. The molecule has 0 heterocycles. The van der Waals surface area contributed by atoms with Gasteiger partial charge in [0.15, 0.2) is 0 Å². The zero-order valence-corrected chi connectivity index (χ0v) is 17.1. The normalized spacial score (nSPS) is 13.5. The van der Waals surface area contributed by atoms with Gasteiger partial charge in [0.25, 0.3) is 0 Å². The van der Waals surface area contributed by atoms with Crippen LogP contribution in [0.15, 0.2) is 54.6 Å². The minimum absolute atomic E-state index is 0.0337. The van der Waals surface area contributed by atoms with E-state index < -0.39 is 6.10 Å². The maximum Gasteiger partial charge on any atom is 0.119 e. The molecule has 148 valence electrons. The maximum absolute atomic E-state index is 10.6. The van der Waals surface area contributed by atoms with Crippen molar-refractivity contribution in [3.05, 3.63) is 65.7 Å². The van der Waals surface area contributed by atoms with Crippen molar-refractivity contribution in [1.29, 1.82) is 0 Å². The summed E-state index contributed by atoms with van der Waals surface area (Å²) >= 11 is 0. The van der Waals surface area contributed by atoms with E-state index in [9.17, 15) is 5.11 Å². The molecule has 27 heavy (non-hydrogen) atoms. The number of hydrogen-bond acceptors (Lipinski definition) is 3. The second-order valence-electron chi connectivity index (χ2n) is 7.42. The van der Waals surface area contributed by atoms with E-state index in [1.165, 1.54) is 31.2 Å². The van der Waals surface area contributed by atoms with E-state index in [0.29, 0.717) is 0 Å². The Morgan fingerprint density at radius 2 is 1.59 bits per heavy atom. The molecule has 2 unspecified atom stereocenters. The topological polar surface area (TPSA) is 32.7 Å². The summed E-state index contributed by atoms with van der Waals surface area (Å²) in [7, 11) is 2.05. The number of rotatable bonds is 12. The molecule has 0 saturated carbocycles. The Labute approximate surface area is 165 Å². The highest BCUT2D eigenvalue weighted by Gasteiger charge is 2.20. The van der Waals surface area contributed by atoms with Gasteiger partial charge in [-0.25, -0.2) is 0 Å². The van der Waals surface area contributed by atoms with Gasteiger partial charge < -0.3 is 9.84 Å². The Morgan fingerprint density at radius 3 is 2.26 bits per heavy atom. The van der Waals surface area contributed by atoms with Crippen molar-refractivity contribution in [1.82, 2.24) is 4.90 Å². The van der Waals surface area contributed by atoms with Crippen molar-refractivity contribution in [2.24, 2.45) is 0 Å². The predicted octanol–water partition coefficient (Wildman–Crippen LogP) is 5.59. The summed E-state index contributed by atoms with van der Waals surface area (Å²) < 4.78 is 5.84. The number of unbranched alkanes of at least 4 members (excludes halogenated alkanes) is 4. The van der Waals surface area contributed by atoms with Crippen LogP contribution in [0.3, 0.4) is 0 Å². The van der Waals surface area contributed by atoms with E-state index in [0.717, 1.165) is 30.9 Å². The molecule has 2 rings (SSSR count).